The van der Waals surface area contributed by atoms with Crippen molar-refractivity contribution in [1.82, 2.24) is 19.2 Å². The first-order valence-corrected chi connectivity index (χ1v) is 10.8. The summed E-state index contributed by atoms with van der Waals surface area (Å²) in [4.78, 5) is 22.3. The second-order valence-corrected chi connectivity index (χ2v) is 8.33. The first kappa shape index (κ1) is 20.9. The van der Waals surface area contributed by atoms with Crippen molar-refractivity contribution in [3.8, 4) is 11.3 Å². The molecule has 2 aromatic heterocycles. The maximum atomic E-state index is 13.4. The van der Waals surface area contributed by atoms with Crippen LogP contribution in [0.25, 0.3) is 16.9 Å². The second kappa shape index (κ2) is 8.80. The summed E-state index contributed by atoms with van der Waals surface area (Å²) in [6.07, 6.45) is 8.73. The Balaban J connectivity index is 1.66. The molecule has 1 amide bonds. The molecule has 160 valence electrons. The minimum Gasteiger partial charge on any atom is -0.377 e. The Kier molecular flexibility index (Phi) is 5.94. The number of amides is 1. The Morgan fingerprint density at radius 1 is 1.10 bits per heavy atom. The fraction of sp³-hybridized carbons (Fsp3) is 0.308. The van der Waals surface area contributed by atoms with E-state index in [1.165, 1.54) is 11.1 Å². The van der Waals surface area contributed by atoms with Crippen LogP contribution in [0.15, 0.2) is 66.5 Å². The zero-order chi connectivity index (χ0) is 22.0. The lowest BCUT2D eigenvalue weighted by atomic mass is 10.1. The van der Waals surface area contributed by atoms with Gasteiger partial charge >= 0.3 is 0 Å². The minimum absolute atomic E-state index is 0.118. The summed E-state index contributed by atoms with van der Waals surface area (Å²) in [5.74, 6) is 0.118. The van der Waals surface area contributed by atoms with Gasteiger partial charge in [0, 0.05) is 38.4 Å². The van der Waals surface area contributed by atoms with Crippen LogP contribution in [-0.4, -0.2) is 51.8 Å². The number of hydrogen-bond donors (Lipinski definition) is 0. The van der Waals surface area contributed by atoms with E-state index < -0.39 is 0 Å². The van der Waals surface area contributed by atoms with Gasteiger partial charge in [-0.15, -0.1) is 0 Å². The monoisotopic (exact) mass is 414 g/mol. The fourth-order valence-electron chi connectivity index (χ4n) is 3.89. The molecule has 0 unspecified atom stereocenters. The Bertz CT molecular complexity index is 1150. The smallest absolute Gasteiger partial charge is 0.228 e. The lowest BCUT2D eigenvalue weighted by Crippen LogP contribution is -2.34. The molecule has 0 atom stereocenters. The second-order valence-electron chi connectivity index (χ2n) is 8.33. The van der Waals surface area contributed by atoms with Gasteiger partial charge in [0.2, 0.25) is 5.91 Å². The molecular weight excluding hydrogens is 384 g/mol. The van der Waals surface area contributed by atoms with E-state index in [9.17, 15) is 4.79 Å². The van der Waals surface area contributed by atoms with Gasteiger partial charge in [-0.1, -0.05) is 42.0 Å². The van der Waals surface area contributed by atoms with Crippen molar-refractivity contribution in [3.63, 3.8) is 0 Å². The van der Waals surface area contributed by atoms with Crippen molar-refractivity contribution in [2.75, 3.05) is 26.7 Å². The van der Waals surface area contributed by atoms with Crippen molar-refractivity contribution in [3.05, 3.63) is 83.3 Å². The number of carbonyl (C=O) groups excluding carboxylic acids is 1. The number of hydrogen-bond acceptors (Lipinski definition) is 3. The molecule has 0 aliphatic carbocycles. The van der Waals surface area contributed by atoms with Gasteiger partial charge < -0.3 is 14.2 Å². The number of aryl methyl sites for hydroxylation is 2. The highest BCUT2D eigenvalue weighted by atomic mass is 16.2. The van der Waals surface area contributed by atoms with Crippen molar-refractivity contribution in [1.29, 1.82) is 0 Å². The summed E-state index contributed by atoms with van der Waals surface area (Å²) in [5.41, 5.74) is 7.26. The summed E-state index contributed by atoms with van der Waals surface area (Å²) in [6, 6.07) is 12.4. The zero-order valence-electron chi connectivity index (χ0n) is 18.8. The normalized spacial score (nSPS) is 13.5. The van der Waals surface area contributed by atoms with Crippen LogP contribution < -0.4 is 0 Å². The van der Waals surface area contributed by atoms with E-state index in [4.69, 9.17) is 4.98 Å². The number of imidazole rings is 1. The summed E-state index contributed by atoms with van der Waals surface area (Å²) in [5, 5.41) is 0. The van der Waals surface area contributed by atoms with Crippen LogP contribution in [0.3, 0.4) is 0 Å². The Morgan fingerprint density at radius 3 is 2.52 bits per heavy atom. The number of pyridine rings is 1. The van der Waals surface area contributed by atoms with Crippen molar-refractivity contribution in [2.45, 2.75) is 27.2 Å². The SMILES string of the molecule is CCN(CC1=CCN(C)C=C1)C(=O)Cc1c(-c2ccc(C)cc2)nc2ccc(C)cn12. The number of benzene rings is 1. The average Bonchev–Trinajstić information content (AvgIpc) is 3.11. The topological polar surface area (TPSA) is 40.8 Å². The summed E-state index contributed by atoms with van der Waals surface area (Å²) < 4.78 is 2.07. The number of aromatic nitrogens is 2. The quantitative estimate of drug-likeness (QED) is 0.601. The highest BCUT2D eigenvalue weighted by molar-refractivity contribution is 5.82. The predicted octanol–water partition coefficient (Wildman–Crippen LogP) is 4.39. The molecule has 1 aliphatic rings. The third-order valence-electron chi connectivity index (χ3n) is 5.80. The first-order chi connectivity index (χ1) is 14.9. The summed E-state index contributed by atoms with van der Waals surface area (Å²) in [7, 11) is 2.05. The van der Waals surface area contributed by atoms with E-state index >= 15 is 0 Å². The van der Waals surface area contributed by atoms with Gasteiger partial charge in [0.15, 0.2) is 0 Å². The van der Waals surface area contributed by atoms with Crippen LogP contribution in [0.1, 0.15) is 23.7 Å². The van der Waals surface area contributed by atoms with Crippen molar-refractivity contribution >= 4 is 11.6 Å². The third kappa shape index (κ3) is 4.55. The van der Waals surface area contributed by atoms with Crippen molar-refractivity contribution in [2.24, 2.45) is 0 Å². The molecule has 31 heavy (non-hydrogen) atoms. The van der Waals surface area contributed by atoms with Crippen LogP contribution in [0.4, 0.5) is 0 Å². The Labute approximate surface area is 184 Å². The van der Waals surface area contributed by atoms with Crippen LogP contribution in [0, 0.1) is 13.8 Å². The number of rotatable bonds is 6. The van der Waals surface area contributed by atoms with Crippen LogP contribution in [-0.2, 0) is 11.2 Å². The molecule has 4 rings (SSSR count). The molecule has 0 radical (unpaired) electrons. The van der Waals surface area contributed by atoms with E-state index in [1.54, 1.807) is 0 Å². The van der Waals surface area contributed by atoms with Crippen LogP contribution >= 0.6 is 0 Å². The Morgan fingerprint density at radius 2 is 1.84 bits per heavy atom. The molecule has 3 aromatic rings. The number of likely N-dealkylation sites (N-methyl/N-ethyl adjacent to an activating group) is 2. The maximum Gasteiger partial charge on any atom is 0.228 e. The average molecular weight is 415 g/mol. The standard InChI is InChI=1S/C26H30N4O/c1-5-29(18-21-12-14-28(4)15-13-21)25(31)16-23-26(22-9-6-19(2)7-10-22)27-24-11-8-20(3)17-30(23)24/h6-14,17H,5,15-16,18H2,1-4H3. The van der Waals surface area contributed by atoms with Gasteiger partial charge in [0.05, 0.1) is 17.8 Å². The van der Waals surface area contributed by atoms with Gasteiger partial charge in [-0.05, 0) is 50.3 Å². The first-order valence-electron chi connectivity index (χ1n) is 10.8. The third-order valence-corrected chi connectivity index (χ3v) is 5.80. The number of nitrogens with zero attached hydrogens (tertiary/aromatic N) is 4. The van der Waals surface area contributed by atoms with Crippen LogP contribution in [0.2, 0.25) is 0 Å². The van der Waals surface area contributed by atoms with E-state index in [-0.39, 0.29) is 5.91 Å². The molecule has 0 saturated carbocycles. The zero-order valence-corrected chi connectivity index (χ0v) is 18.8. The van der Waals surface area contributed by atoms with E-state index in [0.29, 0.717) is 19.5 Å². The predicted molar refractivity (Wildman–Crippen MR) is 126 cm³/mol. The Hall–Kier alpha value is -3.34. The molecule has 0 bridgehead atoms. The van der Waals surface area contributed by atoms with Gasteiger partial charge in [-0.3, -0.25) is 4.79 Å². The molecular formula is C26H30N4O. The molecule has 1 aromatic carbocycles. The molecule has 0 spiro atoms. The molecule has 3 heterocycles. The fourth-order valence-corrected chi connectivity index (χ4v) is 3.89. The minimum atomic E-state index is 0.118. The molecule has 1 aliphatic heterocycles. The largest absolute Gasteiger partial charge is 0.377 e. The van der Waals surface area contributed by atoms with E-state index in [0.717, 1.165) is 34.7 Å². The van der Waals surface area contributed by atoms with Crippen molar-refractivity contribution < 1.29 is 4.79 Å². The molecule has 0 saturated heterocycles. The molecule has 0 fully saturated rings. The highest BCUT2D eigenvalue weighted by Gasteiger charge is 2.21. The highest BCUT2D eigenvalue weighted by Crippen LogP contribution is 2.26. The summed E-state index contributed by atoms with van der Waals surface area (Å²) in [6.45, 7) is 8.36. The van der Waals surface area contributed by atoms with Gasteiger partial charge in [0.25, 0.3) is 0 Å². The molecule has 0 N–H and O–H groups in total. The van der Waals surface area contributed by atoms with Gasteiger partial charge in [-0.2, -0.15) is 0 Å². The maximum absolute atomic E-state index is 13.4. The van der Waals surface area contributed by atoms with E-state index in [1.807, 2.05) is 24.9 Å². The van der Waals surface area contributed by atoms with Gasteiger partial charge in [0.1, 0.15) is 5.65 Å². The van der Waals surface area contributed by atoms with Gasteiger partial charge in [-0.25, -0.2) is 4.98 Å². The number of carbonyl (C=O) groups is 1. The lowest BCUT2D eigenvalue weighted by Gasteiger charge is -2.24. The lowest BCUT2D eigenvalue weighted by molar-refractivity contribution is -0.129. The molecule has 5 heteroatoms. The summed E-state index contributed by atoms with van der Waals surface area (Å²) >= 11 is 0. The van der Waals surface area contributed by atoms with Crippen LogP contribution in [0.5, 0.6) is 0 Å². The van der Waals surface area contributed by atoms with E-state index in [2.05, 4.69) is 78.0 Å². The molecule has 5 nitrogen and oxygen atoms in total. The number of fused-ring (bicyclic) bond motifs is 1.